The summed E-state index contributed by atoms with van der Waals surface area (Å²) in [4.78, 5) is 16.9. The van der Waals surface area contributed by atoms with Gasteiger partial charge in [0, 0.05) is 41.0 Å². The molecule has 6 aromatic rings. The Labute approximate surface area is 247 Å². The van der Waals surface area contributed by atoms with Crippen LogP contribution in [0.1, 0.15) is 11.1 Å². The lowest BCUT2D eigenvalue weighted by Gasteiger charge is -2.10. The number of hydrogen-bond donors (Lipinski definition) is 1. The van der Waals surface area contributed by atoms with Crippen molar-refractivity contribution in [2.75, 3.05) is 5.75 Å². The molecule has 0 spiro atoms. The molecule has 0 aliphatic carbocycles. The van der Waals surface area contributed by atoms with Crippen LogP contribution < -0.4 is 5.43 Å². The molecule has 0 atom stereocenters. The topological polar surface area (TPSA) is 103 Å². The molecule has 6 rings (SSSR count). The first-order valence-corrected chi connectivity index (χ1v) is 14.2. The van der Waals surface area contributed by atoms with Gasteiger partial charge in [0.1, 0.15) is 5.69 Å². The van der Waals surface area contributed by atoms with Crippen molar-refractivity contribution in [3.8, 4) is 34.0 Å². The molecule has 0 aliphatic rings. The molecule has 3 aromatic heterocycles. The number of aromatic nitrogens is 6. The van der Waals surface area contributed by atoms with Gasteiger partial charge < -0.3 is 0 Å². The monoisotopic (exact) mass is 570 g/mol. The maximum Gasteiger partial charge on any atom is 0.250 e. The number of nitrogens with zero attached hydrogens (tertiary/aromatic N) is 7. The summed E-state index contributed by atoms with van der Waals surface area (Å²) in [6, 6.07) is 31.6. The summed E-state index contributed by atoms with van der Waals surface area (Å²) < 4.78 is 3.74. The third-order valence-corrected chi connectivity index (χ3v) is 7.33. The zero-order chi connectivity index (χ0) is 28.7. The minimum absolute atomic E-state index is 0.104. The van der Waals surface area contributed by atoms with Crippen LogP contribution in [0.5, 0.6) is 0 Å². The quantitative estimate of drug-likeness (QED) is 0.135. The fraction of sp³-hybridized carbons (Fsp3) is 0.0625. The molecule has 206 valence electrons. The summed E-state index contributed by atoms with van der Waals surface area (Å²) in [7, 11) is 0. The first-order chi connectivity index (χ1) is 20.7. The Balaban J connectivity index is 1.19. The highest BCUT2D eigenvalue weighted by Crippen LogP contribution is 2.28. The van der Waals surface area contributed by atoms with E-state index < -0.39 is 0 Å². The van der Waals surface area contributed by atoms with Gasteiger partial charge in [0.15, 0.2) is 11.0 Å². The van der Waals surface area contributed by atoms with Crippen LogP contribution in [0.4, 0.5) is 0 Å². The molecule has 3 aromatic carbocycles. The van der Waals surface area contributed by atoms with Crippen molar-refractivity contribution in [1.29, 1.82) is 0 Å². The number of amides is 1. The van der Waals surface area contributed by atoms with E-state index in [2.05, 4.69) is 25.7 Å². The van der Waals surface area contributed by atoms with Crippen molar-refractivity contribution < 1.29 is 4.79 Å². The molecule has 10 heteroatoms. The Bertz CT molecular complexity index is 1820. The smallest absolute Gasteiger partial charge is 0.250 e. The lowest BCUT2D eigenvalue weighted by Crippen LogP contribution is -2.20. The molecule has 0 saturated carbocycles. The number of para-hydroxylation sites is 2. The van der Waals surface area contributed by atoms with Gasteiger partial charge in [-0.25, -0.2) is 10.1 Å². The second kappa shape index (κ2) is 12.4. The fourth-order valence-corrected chi connectivity index (χ4v) is 5.07. The van der Waals surface area contributed by atoms with E-state index in [1.54, 1.807) is 18.6 Å². The van der Waals surface area contributed by atoms with E-state index in [4.69, 9.17) is 5.10 Å². The first-order valence-electron chi connectivity index (χ1n) is 13.2. The number of benzene rings is 3. The average Bonchev–Trinajstić information content (AvgIpc) is 3.67. The number of carbonyl (C=O) groups is 1. The van der Waals surface area contributed by atoms with Gasteiger partial charge in [-0.2, -0.15) is 10.2 Å². The molecule has 1 amide bonds. The van der Waals surface area contributed by atoms with Crippen LogP contribution in [0, 0.1) is 6.92 Å². The molecule has 0 fully saturated rings. The molecular formula is C32H26N8OS. The second-order valence-corrected chi connectivity index (χ2v) is 10.3. The third-order valence-electron chi connectivity index (χ3n) is 6.40. The number of aryl methyl sites for hydroxylation is 1. The molecule has 0 unspecified atom stereocenters. The zero-order valence-electron chi connectivity index (χ0n) is 22.7. The van der Waals surface area contributed by atoms with Crippen molar-refractivity contribution in [2.45, 2.75) is 12.1 Å². The molecule has 42 heavy (non-hydrogen) atoms. The second-order valence-electron chi connectivity index (χ2n) is 9.37. The maximum absolute atomic E-state index is 12.8. The molecule has 9 nitrogen and oxygen atoms in total. The summed E-state index contributed by atoms with van der Waals surface area (Å²) >= 11 is 1.29. The maximum atomic E-state index is 12.8. The Kier molecular flexibility index (Phi) is 7.96. The van der Waals surface area contributed by atoms with E-state index >= 15 is 0 Å². The van der Waals surface area contributed by atoms with Gasteiger partial charge in [-0.15, -0.1) is 10.2 Å². The zero-order valence-corrected chi connectivity index (χ0v) is 23.5. The summed E-state index contributed by atoms with van der Waals surface area (Å²) in [6.07, 6.45) is 6.95. The Morgan fingerprint density at radius 3 is 2.26 bits per heavy atom. The van der Waals surface area contributed by atoms with Gasteiger partial charge in [-0.3, -0.25) is 14.3 Å². The number of carbonyl (C=O) groups excluding carboxylic acids is 1. The summed E-state index contributed by atoms with van der Waals surface area (Å²) in [6.45, 7) is 2.05. The minimum atomic E-state index is -0.267. The predicted octanol–water partition coefficient (Wildman–Crippen LogP) is 5.73. The van der Waals surface area contributed by atoms with Crippen LogP contribution in [0.15, 0.2) is 126 Å². The van der Waals surface area contributed by atoms with E-state index in [-0.39, 0.29) is 11.7 Å². The standard InChI is InChI=1S/C32H26N8OS/c1-23-12-14-24(15-13-23)30-26(21-39(38-30)27-8-4-2-5-9-27)20-34-35-29(41)22-42-32-37-36-31(25-16-18-33-19-17-25)40(32)28-10-6-3-7-11-28/h2-21H,22H2,1H3,(H,35,41). The van der Waals surface area contributed by atoms with E-state index in [0.29, 0.717) is 11.0 Å². The molecule has 1 N–H and O–H groups in total. The first kappa shape index (κ1) is 26.9. The highest BCUT2D eigenvalue weighted by atomic mass is 32.2. The third kappa shape index (κ3) is 6.03. The normalized spacial score (nSPS) is 11.2. The molecule has 0 bridgehead atoms. The molecule has 0 radical (unpaired) electrons. The van der Waals surface area contributed by atoms with Crippen LogP contribution in [0.25, 0.3) is 34.0 Å². The summed E-state index contributed by atoms with van der Waals surface area (Å²) in [5.74, 6) is 0.507. The minimum Gasteiger partial charge on any atom is -0.272 e. The average molecular weight is 571 g/mol. The van der Waals surface area contributed by atoms with Crippen molar-refractivity contribution >= 4 is 23.9 Å². The fourth-order valence-electron chi connectivity index (χ4n) is 4.33. The van der Waals surface area contributed by atoms with Gasteiger partial charge in [-0.1, -0.05) is 78.0 Å². The number of thioether (sulfide) groups is 1. The van der Waals surface area contributed by atoms with Crippen LogP contribution in [-0.2, 0) is 4.79 Å². The number of hydrogen-bond acceptors (Lipinski definition) is 7. The van der Waals surface area contributed by atoms with Crippen LogP contribution in [0.3, 0.4) is 0 Å². The van der Waals surface area contributed by atoms with Gasteiger partial charge in [-0.05, 0) is 43.3 Å². The number of pyridine rings is 1. The largest absolute Gasteiger partial charge is 0.272 e. The van der Waals surface area contributed by atoms with E-state index in [0.717, 1.165) is 39.3 Å². The van der Waals surface area contributed by atoms with E-state index in [1.165, 1.54) is 11.8 Å². The van der Waals surface area contributed by atoms with Crippen LogP contribution in [0.2, 0.25) is 0 Å². The number of rotatable bonds is 9. The molecule has 3 heterocycles. The highest BCUT2D eigenvalue weighted by molar-refractivity contribution is 7.99. The lowest BCUT2D eigenvalue weighted by atomic mass is 10.1. The van der Waals surface area contributed by atoms with Crippen LogP contribution >= 0.6 is 11.8 Å². The Hall–Kier alpha value is -5.35. The summed E-state index contributed by atoms with van der Waals surface area (Å²) in [5, 5.41) is 18.4. The van der Waals surface area contributed by atoms with Crippen molar-refractivity contribution in [3.05, 3.63) is 127 Å². The van der Waals surface area contributed by atoms with Crippen molar-refractivity contribution in [2.24, 2.45) is 5.10 Å². The van der Waals surface area contributed by atoms with Crippen molar-refractivity contribution in [1.82, 2.24) is 35.0 Å². The Morgan fingerprint density at radius 2 is 1.55 bits per heavy atom. The molecular weight excluding hydrogens is 544 g/mol. The van der Waals surface area contributed by atoms with E-state index in [1.807, 2.05) is 119 Å². The molecule has 0 saturated heterocycles. The van der Waals surface area contributed by atoms with Crippen molar-refractivity contribution in [3.63, 3.8) is 0 Å². The van der Waals surface area contributed by atoms with Gasteiger partial charge in [0.2, 0.25) is 0 Å². The van der Waals surface area contributed by atoms with E-state index in [9.17, 15) is 4.79 Å². The van der Waals surface area contributed by atoms with Gasteiger partial charge >= 0.3 is 0 Å². The van der Waals surface area contributed by atoms with Gasteiger partial charge in [0.25, 0.3) is 5.91 Å². The predicted molar refractivity (Wildman–Crippen MR) is 165 cm³/mol. The molecule has 0 aliphatic heterocycles. The van der Waals surface area contributed by atoms with Gasteiger partial charge in [0.05, 0.1) is 17.7 Å². The number of hydrazone groups is 1. The number of nitrogens with one attached hydrogen (secondary N) is 1. The lowest BCUT2D eigenvalue weighted by molar-refractivity contribution is -0.118. The van der Waals surface area contributed by atoms with Crippen LogP contribution in [-0.4, -0.2) is 47.4 Å². The Morgan fingerprint density at radius 1 is 0.857 bits per heavy atom. The summed E-state index contributed by atoms with van der Waals surface area (Å²) in [5.41, 5.74) is 9.02. The highest BCUT2D eigenvalue weighted by Gasteiger charge is 2.17. The SMILES string of the molecule is Cc1ccc(-c2nn(-c3ccccc3)cc2C=NNC(=O)CSc2nnc(-c3ccncc3)n2-c2ccccc2)cc1.